The Labute approximate surface area is 172 Å². The van der Waals surface area contributed by atoms with Gasteiger partial charge in [-0.3, -0.25) is 0 Å². The predicted molar refractivity (Wildman–Crippen MR) is 110 cm³/mol. The summed E-state index contributed by atoms with van der Waals surface area (Å²) in [6.07, 6.45) is 0. The molecule has 0 saturated heterocycles. The minimum atomic E-state index is -0.276. The molecule has 0 amide bonds. The van der Waals surface area contributed by atoms with Gasteiger partial charge in [0, 0.05) is 30.3 Å². The highest BCUT2D eigenvalue weighted by molar-refractivity contribution is 9.10. The van der Waals surface area contributed by atoms with Crippen LogP contribution < -0.4 is 14.8 Å². The van der Waals surface area contributed by atoms with E-state index in [4.69, 9.17) is 9.47 Å². The zero-order valence-corrected chi connectivity index (χ0v) is 17.0. The number of hydrogen-bond donors (Lipinski definition) is 2. The highest BCUT2D eigenvalue weighted by Crippen LogP contribution is 2.25. The number of nitrogens with one attached hydrogen (secondary N) is 1. The molecule has 2 N–H and O–H groups in total. The first-order valence-electron chi connectivity index (χ1n) is 8.78. The van der Waals surface area contributed by atoms with E-state index in [1.165, 1.54) is 0 Å². The van der Waals surface area contributed by atoms with Crippen molar-refractivity contribution in [2.45, 2.75) is 19.7 Å². The van der Waals surface area contributed by atoms with E-state index in [1.807, 2.05) is 24.3 Å². The standard InChI is InChI=1S/C22H21BrFNO3/c1-27-18-8-5-15(6-9-18)14-28-19-10-7-16(21(26)11-19)12-25-13-17-3-2-4-20(23)22(17)24/h2-11,25-26H,12-14H2,1H3. The van der Waals surface area contributed by atoms with E-state index in [9.17, 15) is 9.50 Å². The molecule has 0 spiro atoms. The molecule has 28 heavy (non-hydrogen) atoms. The summed E-state index contributed by atoms with van der Waals surface area (Å²) in [5.41, 5.74) is 2.28. The number of benzene rings is 3. The average Bonchev–Trinajstić information content (AvgIpc) is 2.71. The SMILES string of the molecule is COc1ccc(COc2ccc(CNCc3cccc(Br)c3F)c(O)c2)cc1. The van der Waals surface area contributed by atoms with Crippen LogP contribution in [-0.2, 0) is 19.7 Å². The first-order valence-corrected chi connectivity index (χ1v) is 9.57. The minimum Gasteiger partial charge on any atom is -0.507 e. The van der Waals surface area contributed by atoms with E-state index >= 15 is 0 Å². The Morgan fingerprint density at radius 2 is 1.68 bits per heavy atom. The summed E-state index contributed by atoms with van der Waals surface area (Å²) in [5.74, 6) is 1.23. The summed E-state index contributed by atoms with van der Waals surface area (Å²) in [6.45, 7) is 1.17. The molecule has 0 aliphatic heterocycles. The van der Waals surface area contributed by atoms with Gasteiger partial charge < -0.3 is 19.9 Å². The van der Waals surface area contributed by atoms with Gasteiger partial charge in [0.2, 0.25) is 0 Å². The maximum atomic E-state index is 14.0. The number of aromatic hydroxyl groups is 1. The second-order valence-electron chi connectivity index (χ2n) is 6.24. The van der Waals surface area contributed by atoms with Crippen molar-refractivity contribution in [3.8, 4) is 17.2 Å². The van der Waals surface area contributed by atoms with E-state index in [1.54, 1.807) is 43.5 Å². The molecule has 0 unspecified atom stereocenters. The Kier molecular flexibility index (Phi) is 6.90. The van der Waals surface area contributed by atoms with Crippen molar-refractivity contribution in [2.75, 3.05) is 7.11 Å². The van der Waals surface area contributed by atoms with Gasteiger partial charge in [0.15, 0.2) is 0 Å². The molecule has 3 aromatic rings. The smallest absolute Gasteiger partial charge is 0.141 e. The van der Waals surface area contributed by atoms with Crippen LogP contribution in [0.4, 0.5) is 4.39 Å². The Morgan fingerprint density at radius 1 is 0.964 bits per heavy atom. The summed E-state index contributed by atoms with van der Waals surface area (Å²) in [6, 6.07) is 18.0. The van der Waals surface area contributed by atoms with Gasteiger partial charge in [0.1, 0.15) is 29.7 Å². The number of ether oxygens (including phenoxy) is 2. The molecule has 6 heteroatoms. The van der Waals surface area contributed by atoms with E-state index in [0.717, 1.165) is 11.3 Å². The quantitative estimate of drug-likeness (QED) is 0.501. The Morgan fingerprint density at radius 3 is 2.39 bits per heavy atom. The van der Waals surface area contributed by atoms with Gasteiger partial charge >= 0.3 is 0 Å². The molecular formula is C22H21BrFNO3. The number of methoxy groups -OCH3 is 1. The highest BCUT2D eigenvalue weighted by Gasteiger charge is 2.07. The second kappa shape index (κ2) is 9.57. The van der Waals surface area contributed by atoms with Crippen LogP contribution in [0.5, 0.6) is 17.2 Å². The minimum absolute atomic E-state index is 0.134. The highest BCUT2D eigenvalue weighted by atomic mass is 79.9. The maximum Gasteiger partial charge on any atom is 0.141 e. The van der Waals surface area contributed by atoms with Crippen LogP contribution in [0.3, 0.4) is 0 Å². The lowest BCUT2D eigenvalue weighted by Gasteiger charge is -2.11. The van der Waals surface area contributed by atoms with Crippen molar-refractivity contribution in [1.82, 2.24) is 5.32 Å². The van der Waals surface area contributed by atoms with E-state index in [0.29, 0.717) is 41.0 Å². The molecule has 3 rings (SSSR count). The lowest BCUT2D eigenvalue weighted by molar-refractivity contribution is 0.304. The van der Waals surface area contributed by atoms with Gasteiger partial charge in [-0.05, 0) is 45.8 Å². The van der Waals surface area contributed by atoms with Crippen LogP contribution >= 0.6 is 15.9 Å². The van der Waals surface area contributed by atoms with Crippen LogP contribution in [0.2, 0.25) is 0 Å². The van der Waals surface area contributed by atoms with Crippen molar-refractivity contribution >= 4 is 15.9 Å². The van der Waals surface area contributed by atoms with E-state index in [-0.39, 0.29) is 11.6 Å². The fourth-order valence-corrected chi connectivity index (χ4v) is 3.10. The molecule has 0 atom stereocenters. The third kappa shape index (κ3) is 5.24. The molecule has 0 bridgehead atoms. The number of halogens is 2. The largest absolute Gasteiger partial charge is 0.507 e. The van der Waals surface area contributed by atoms with Crippen molar-refractivity contribution in [3.05, 3.63) is 87.6 Å². The number of hydrogen-bond acceptors (Lipinski definition) is 4. The van der Waals surface area contributed by atoms with Crippen LogP contribution in [0.1, 0.15) is 16.7 Å². The molecule has 3 aromatic carbocycles. The molecule has 0 aliphatic carbocycles. The van der Waals surface area contributed by atoms with Gasteiger partial charge in [-0.2, -0.15) is 0 Å². The average molecular weight is 446 g/mol. The maximum absolute atomic E-state index is 14.0. The first kappa shape index (κ1) is 20.2. The summed E-state index contributed by atoms with van der Waals surface area (Å²) < 4.78 is 25.3. The third-order valence-corrected chi connectivity index (χ3v) is 4.90. The molecular weight excluding hydrogens is 425 g/mol. The second-order valence-corrected chi connectivity index (χ2v) is 7.10. The lowest BCUT2D eigenvalue weighted by atomic mass is 10.1. The molecule has 0 aromatic heterocycles. The van der Waals surface area contributed by atoms with Crippen LogP contribution in [0.25, 0.3) is 0 Å². The van der Waals surface area contributed by atoms with Gasteiger partial charge in [0.25, 0.3) is 0 Å². The first-order chi connectivity index (χ1) is 13.6. The number of phenols is 1. The van der Waals surface area contributed by atoms with Crippen LogP contribution in [0, 0.1) is 5.82 Å². The Hall–Kier alpha value is -2.57. The topological polar surface area (TPSA) is 50.7 Å². The molecule has 0 saturated carbocycles. The lowest BCUT2D eigenvalue weighted by Crippen LogP contribution is -2.14. The molecule has 4 nitrogen and oxygen atoms in total. The summed E-state index contributed by atoms with van der Waals surface area (Å²) in [4.78, 5) is 0. The normalized spacial score (nSPS) is 10.7. The van der Waals surface area contributed by atoms with E-state index < -0.39 is 0 Å². The zero-order chi connectivity index (χ0) is 19.9. The summed E-state index contributed by atoms with van der Waals surface area (Å²) >= 11 is 3.18. The van der Waals surface area contributed by atoms with Crippen molar-refractivity contribution in [1.29, 1.82) is 0 Å². The van der Waals surface area contributed by atoms with E-state index in [2.05, 4.69) is 21.2 Å². The fraction of sp³-hybridized carbons (Fsp3) is 0.182. The molecule has 146 valence electrons. The fourth-order valence-electron chi connectivity index (χ4n) is 2.69. The van der Waals surface area contributed by atoms with Crippen molar-refractivity contribution < 1.29 is 19.0 Å². The number of phenolic OH excluding ortho intramolecular Hbond substituents is 1. The number of rotatable bonds is 8. The van der Waals surface area contributed by atoms with Gasteiger partial charge in [-0.1, -0.05) is 30.3 Å². The Balaban J connectivity index is 1.53. The van der Waals surface area contributed by atoms with Gasteiger partial charge in [0.05, 0.1) is 11.6 Å². The summed E-state index contributed by atoms with van der Waals surface area (Å²) in [5, 5.41) is 13.4. The van der Waals surface area contributed by atoms with Crippen LogP contribution in [0.15, 0.2) is 65.1 Å². The molecule has 0 radical (unpaired) electrons. The molecule has 0 aliphatic rings. The van der Waals surface area contributed by atoms with Crippen molar-refractivity contribution in [3.63, 3.8) is 0 Å². The predicted octanol–water partition coefficient (Wildman–Crippen LogP) is 5.17. The third-order valence-electron chi connectivity index (χ3n) is 4.28. The monoisotopic (exact) mass is 445 g/mol. The van der Waals surface area contributed by atoms with Gasteiger partial charge in [-0.15, -0.1) is 0 Å². The zero-order valence-electron chi connectivity index (χ0n) is 15.4. The molecule has 0 fully saturated rings. The van der Waals surface area contributed by atoms with Crippen molar-refractivity contribution in [2.24, 2.45) is 0 Å². The van der Waals surface area contributed by atoms with Crippen LogP contribution in [-0.4, -0.2) is 12.2 Å². The van der Waals surface area contributed by atoms with Gasteiger partial charge in [-0.25, -0.2) is 4.39 Å². The Bertz CT molecular complexity index is 932. The molecule has 0 heterocycles. The summed E-state index contributed by atoms with van der Waals surface area (Å²) in [7, 11) is 1.62.